The summed E-state index contributed by atoms with van der Waals surface area (Å²) < 4.78 is 42.5. The fourth-order valence-corrected chi connectivity index (χ4v) is 5.47. The Morgan fingerprint density at radius 3 is 2.67 bits per heavy atom. The molecule has 4 aromatic rings. The second-order valence-electron chi connectivity index (χ2n) is 11.1. The number of fused-ring (bicyclic) bond motifs is 1. The number of rotatable bonds is 9. The van der Waals surface area contributed by atoms with Crippen LogP contribution in [0.15, 0.2) is 94.5 Å². The van der Waals surface area contributed by atoms with Gasteiger partial charge in [-0.25, -0.2) is 22.6 Å². The van der Waals surface area contributed by atoms with E-state index in [0.717, 1.165) is 28.7 Å². The highest BCUT2D eigenvalue weighted by Crippen LogP contribution is 2.32. The second kappa shape index (κ2) is 13.9. The minimum absolute atomic E-state index is 0.0634. The number of halogens is 1. The molecule has 5 rings (SSSR count). The first kappa shape index (κ1) is 31.7. The lowest BCUT2D eigenvalue weighted by molar-refractivity contribution is 0.262. The van der Waals surface area contributed by atoms with Crippen molar-refractivity contribution in [3.63, 3.8) is 0 Å². The van der Waals surface area contributed by atoms with E-state index in [1.54, 1.807) is 31.3 Å². The molecule has 4 N–H and O–H groups in total. The number of urea groups is 1. The van der Waals surface area contributed by atoms with Crippen LogP contribution >= 0.6 is 0 Å². The zero-order valence-electron chi connectivity index (χ0n) is 25.4. The number of anilines is 3. The number of sulfone groups is 1. The van der Waals surface area contributed by atoms with Gasteiger partial charge in [0.15, 0.2) is 0 Å². The Hall–Kier alpha value is -4.74. The van der Waals surface area contributed by atoms with Crippen molar-refractivity contribution in [2.24, 2.45) is 4.99 Å². The van der Waals surface area contributed by atoms with Gasteiger partial charge in [-0.05, 0) is 78.9 Å². The number of nitrogens with one attached hydrogen (secondary N) is 4. The van der Waals surface area contributed by atoms with E-state index < -0.39 is 21.7 Å². The van der Waals surface area contributed by atoms with Crippen molar-refractivity contribution in [3.8, 4) is 11.3 Å². The van der Waals surface area contributed by atoms with Crippen molar-refractivity contribution in [1.29, 1.82) is 0 Å². The van der Waals surface area contributed by atoms with Gasteiger partial charge in [-0.1, -0.05) is 37.3 Å². The molecule has 234 valence electrons. The van der Waals surface area contributed by atoms with Crippen molar-refractivity contribution in [3.05, 3.63) is 113 Å². The Morgan fingerprint density at radius 1 is 1.02 bits per heavy atom. The molecule has 0 radical (unpaired) electrons. The van der Waals surface area contributed by atoms with E-state index in [9.17, 15) is 17.6 Å². The minimum atomic E-state index is -3.03. The van der Waals surface area contributed by atoms with Crippen molar-refractivity contribution in [2.75, 3.05) is 34.5 Å². The van der Waals surface area contributed by atoms with E-state index in [1.807, 2.05) is 42.5 Å². The molecule has 1 aliphatic rings. The predicted octanol–water partition coefficient (Wildman–Crippen LogP) is 7.05. The van der Waals surface area contributed by atoms with Gasteiger partial charge >= 0.3 is 6.03 Å². The van der Waals surface area contributed by atoms with Crippen molar-refractivity contribution < 1.29 is 22.0 Å². The van der Waals surface area contributed by atoms with E-state index >= 15 is 0 Å². The molecule has 0 aliphatic carbocycles. The number of carbonyl (C=O) groups excluding carboxylic acids is 1. The number of benzene rings is 3. The van der Waals surface area contributed by atoms with Gasteiger partial charge in [0.05, 0.1) is 12.3 Å². The maximum Gasteiger partial charge on any atom is 0.323 e. The highest BCUT2D eigenvalue weighted by atomic mass is 32.2. The maximum absolute atomic E-state index is 13.7. The molecule has 1 atom stereocenters. The van der Waals surface area contributed by atoms with E-state index in [0.29, 0.717) is 47.5 Å². The van der Waals surface area contributed by atoms with Crippen molar-refractivity contribution in [1.82, 2.24) is 5.32 Å². The van der Waals surface area contributed by atoms with E-state index in [-0.39, 0.29) is 11.7 Å². The zero-order valence-corrected chi connectivity index (χ0v) is 26.2. The van der Waals surface area contributed by atoms with Crippen molar-refractivity contribution >= 4 is 38.8 Å². The summed E-state index contributed by atoms with van der Waals surface area (Å²) >= 11 is 0. The van der Waals surface area contributed by atoms with Crippen LogP contribution in [-0.2, 0) is 16.4 Å². The van der Waals surface area contributed by atoms with E-state index in [4.69, 9.17) is 9.41 Å². The summed E-state index contributed by atoms with van der Waals surface area (Å²) in [4.78, 5) is 17.4. The molecule has 45 heavy (non-hydrogen) atoms. The molecule has 3 aromatic carbocycles. The standard InChI is InChI=1S/C34H36FN5O4S/c1-22-6-5-15-37-33(38-26-7-4-8-27(20-26)39-34(41)40-31-19-25(35)11-9-23(31)2)30-18-24(10-13-29(22)30)32-14-12-28(44-32)21-36-16-17-45(3,42)43/h4-5,7-15,18-20,22,36H,6,16-17,21H2,1-3H3,(H,37,38)(H2,39,40,41). The third-order valence-electron chi connectivity index (χ3n) is 7.36. The van der Waals surface area contributed by atoms with Gasteiger partial charge < -0.3 is 25.7 Å². The minimum Gasteiger partial charge on any atom is -0.460 e. The maximum atomic E-state index is 13.7. The predicted molar refractivity (Wildman–Crippen MR) is 178 cm³/mol. The van der Waals surface area contributed by atoms with E-state index in [1.165, 1.54) is 18.4 Å². The summed E-state index contributed by atoms with van der Waals surface area (Å²) in [6, 6.07) is 21.0. The number of amides is 2. The summed E-state index contributed by atoms with van der Waals surface area (Å²) in [6.45, 7) is 4.72. The molecule has 0 saturated heterocycles. The monoisotopic (exact) mass is 629 g/mol. The number of carbonyl (C=O) groups is 1. The van der Waals surface area contributed by atoms with Crippen LogP contribution in [0.4, 0.5) is 26.2 Å². The third-order valence-corrected chi connectivity index (χ3v) is 8.31. The van der Waals surface area contributed by atoms with Crippen LogP contribution in [0.3, 0.4) is 0 Å². The number of nitrogens with zero attached hydrogens (tertiary/aromatic N) is 1. The first-order valence-corrected chi connectivity index (χ1v) is 16.7. The number of hydrogen-bond acceptors (Lipinski definition) is 7. The highest BCUT2D eigenvalue weighted by Gasteiger charge is 2.19. The zero-order chi connectivity index (χ0) is 32.0. The Morgan fingerprint density at radius 2 is 1.84 bits per heavy atom. The lowest BCUT2D eigenvalue weighted by Crippen LogP contribution is -2.21. The van der Waals surface area contributed by atoms with Gasteiger partial charge in [-0.3, -0.25) is 0 Å². The molecule has 0 saturated carbocycles. The molecule has 1 unspecified atom stereocenters. The number of allylic oxidation sites excluding steroid dienone is 1. The van der Waals surface area contributed by atoms with Crippen LogP contribution in [0.5, 0.6) is 0 Å². The molecule has 1 aliphatic heterocycles. The molecule has 9 nitrogen and oxygen atoms in total. The van der Waals surface area contributed by atoms with Gasteiger partial charge in [0, 0.05) is 47.2 Å². The molecule has 2 heterocycles. The lowest BCUT2D eigenvalue weighted by atomic mass is 9.90. The average Bonchev–Trinajstić information content (AvgIpc) is 3.46. The molecule has 2 amide bonds. The molecule has 1 aromatic heterocycles. The van der Waals surface area contributed by atoms with Crippen LogP contribution in [0.1, 0.15) is 41.7 Å². The number of hydrogen-bond donors (Lipinski definition) is 4. The molecular weight excluding hydrogens is 593 g/mol. The number of aryl methyl sites for hydroxylation is 1. The van der Waals surface area contributed by atoms with Crippen molar-refractivity contribution in [2.45, 2.75) is 32.7 Å². The van der Waals surface area contributed by atoms with Crippen LogP contribution < -0.4 is 21.3 Å². The molecular formula is C34H36FN5O4S. The summed E-state index contributed by atoms with van der Waals surface area (Å²) in [5.41, 5.74) is 5.33. The van der Waals surface area contributed by atoms with Gasteiger partial charge in [0.1, 0.15) is 33.0 Å². The largest absolute Gasteiger partial charge is 0.460 e. The van der Waals surface area contributed by atoms with Gasteiger partial charge in [0.25, 0.3) is 0 Å². The fourth-order valence-electron chi connectivity index (χ4n) is 4.95. The molecule has 11 heteroatoms. The van der Waals surface area contributed by atoms with Gasteiger partial charge in [-0.15, -0.1) is 0 Å². The SMILES string of the molecule is Cc1ccc(F)cc1NC(=O)Nc1cccc(NC2=NC=CCC(C)c3ccc(-c4ccc(CNCCS(C)(=O)=O)o4)cc32)c1. The van der Waals surface area contributed by atoms with E-state index in [2.05, 4.69) is 34.3 Å². The van der Waals surface area contributed by atoms with Crippen LogP contribution in [-0.4, -0.2) is 38.8 Å². The normalized spacial score (nSPS) is 14.6. The van der Waals surface area contributed by atoms with Gasteiger partial charge in [-0.2, -0.15) is 0 Å². The third kappa shape index (κ3) is 8.68. The Balaban J connectivity index is 1.33. The molecule has 0 bridgehead atoms. The summed E-state index contributed by atoms with van der Waals surface area (Å²) in [6.07, 6.45) is 5.88. The fraction of sp³-hybridized carbons (Fsp3) is 0.235. The topological polar surface area (TPSA) is 125 Å². The molecule has 0 spiro atoms. The number of amidine groups is 1. The van der Waals surface area contributed by atoms with Gasteiger partial charge in [0.2, 0.25) is 0 Å². The number of aliphatic imine (C=N–C) groups is 1. The Kier molecular flexibility index (Phi) is 9.80. The highest BCUT2D eigenvalue weighted by molar-refractivity contribution is 7.90. The summed E-state index contributed by atoms with van der Waals surface area (Å²) in [5.74, 6) is 1.91. The first-order valence-electron chi connectivity index (χ1n) is 14.6. The Bertz CT molecular complexity index is 1870. The smallest absolute Gasteiger partial charge is 0.323 e. The average molecular weight is 630 g/mol. The van der Waals surface area contributed by atoms with Crippen LogP contribution in [0.25, 0.3) is 11.3 Å². The lowest BCUT2D eigenvalue weighted by Gasteiger charge is -2.20. The summed E-state index contributed by atoms with van der Waals surface area (Å²) in [5, 5.41) is 12.0. The first-order chi connectivity index (χ1) is 21.5. The van der Waals surface area contributed by atoms with Crippen LogP contribution in [0, 0.1) is 12.7 Å². The summed E-state index contributed by atoms with van der Waals surface area (Å²) in [7, 11) is -3.03. The van der Waals surface area contributed by atoms with Crippen LogP contribution in [0.2, 0.25) is 0 Å². The number of furan rings is 1. The Labute approximate surface area is 262 Å². The second-order valence-corrected chi connectivity index (χ2v) is 13.4. The molecule has 0 fully saturated rings. The quantitative estimate of drug-likeness (QED) is 0.147.